The van der Waals surface area contributed by atoms with Crippen LogP contribution in [0.3, 0.4) is 0 Å². The third kappa shape index (κ3) is 1.74. The van der Waals surface area contributed by atoms with Crippen LogP contribution in [-0.2, 0) is 0 Å². The Morgan fingerprint density at radius 2 is 1.94 bits per heavy atom. The SMILES string of the molecule is CNC1CC(Oc2ccccc2C)C12CCCC2. The predicted molar refractivity (Wildman–Crippen MR) is 74.0 cm³/mol. The number of nitrogens with one attached hydrogen (secondary N) is 1. The van der Waals surface area contributed by atoms with Crippen molar-refractivity contribution in [2.75, 3.05) is 7.05 Å². The smallest absolute Gasteiger partial charge is 0.122 e. The molecule has 2 aliphatic rings. The third-order valence-electron chi connectivity index (χ3n) is 5.03. The molecule has 2 nitrogen and oxygen atoms in total. The normalized spacial score (nSPS) is 29.2. The summed E-state index contributed by atoms with van der Waals surface area (Å²) in [6.07, 6.45) is 6.96. The molecule has 1 N–H and O–H groups in total. The van der Waals surface area contributed by atoms with Gasteiger partial charge in [0.1, 0.15) is 11.9 Å². The maximum absolute atomic E-state index is 6.31. The van der Waals surface area contributed by atoms with Crippen molar-refractivity contribution in [2.24, 2.45) is 5.41 Å². The van der Waals surface area contributed by atoms with Crippen LogP contribution in [0.15, 0.2) is 24.3 Å². The third-order valence-corrected chi connectivity index (χ3v) is 5.03. The van der Waals surface area contributed by atoms with E-state index in [-0.39, 0.29) is 0 Å². The lowest BCUT2D eigenvalue weighted by atomic mass is 9.60. The van der Waals surface area contributed by atoms with Gasteiger partial charge in [-0.15, -0.1) is 0 Å². The molecule has 1 aromatic carbocycles. The summed E-state index contributed by atoms with van der Waals surface area (Å²) in [6.45, 7) is 2.13. The van der Waals surface area contributed by atoms with E-state index in [2.05, 4.69) is 43.6 Å². The number of hydrogen-bond donors (Lipinski definition) is 1. The molecule has 2 heteroatoms. The Morgan fingerprint density at radius 3 is 2.61 bits per heavy atom. The largest absolute Gasteiger partial charge is 0.489 e. The second-order valence-electron chi connectivity index (χ2n) is 5.89. The molecule has 0 heterocycles. The molecule has 2 unspecified atom stereocenters. The molecule has 0 radical (unpaired) electrons. The Labute approximate surface area is 110 Å². The average molecular weight is 245 g/mol. The Kier molecular flexibility index (Phi) is 3.06. The van der Waals surface area contributed by atoms with E-state index < -0.39 is 0 Å². The number of para-hydroxylation sites is 1. The molecular formula is C16H23NO. The molecule has 2 saturated carbocycles. The van der Waals surface area contributed by atoms with E-state index in [0.717, 1.165) is 12.2 Å². The lowest BCUT2D eigenvalue weighted by molar-refractivity contribution is -0.0739. The Balaban J connectivity index is 1.76. The molecule has 3 rings (SSSR count). The average Bonchev–Trinajstić information content (AvgIpc) is 2.88. The van der Waals surface area contributed by atoms with Crippen LogP contribution in [0.25, 0.3) is 0 Å². The predicted octanol–water partition coefficient (Wildman–Crippen LogP) is 3.29. The van der Waals surface area contributed by atoms with Gasteiger partial charge in [0.25, 0.3) is 0 Å². The van der Waals surface area contributed by atoms with Gasteiger partial charge in [-0.1, -0.05) is 31.0 Å². The summed E-state index contributed by atoms with van der Waals surface area (Å²) in [7, 11) is 2.09. The topological polar surface area (TPSA) is 21.3 Å². The van der Waals surface area contributed by atoms with Crippen molar-refractivity contribution in [3.05, 3.63) is 29.8 Å². The van der Waals surface area contributed by atoms with E-state index in [4.69, 9.17) is 4.74 Å². The minimum Gasteiger partial charge on any atom is -0.489 e. The van der Waals surface area contributed by atoms with Gasteiger partial charge in [-0.3, -0.25) is 0 Å². The molecule has 0 aliphatic heterocycles. The molecule has 0 aromatic heterocycles. The van der Waals surface area contributed by atoms with E-state index in [9.17, 15) is 0 Å². The highest BCUT2D eigenvalue weighted by atomic mass is 16.5. The minimum atomic E-state index is 0.414. The van der Waals surface area contributed by atoms with Crippen LogP contribution >= 0.6 is 0 Å². The summed E-state index contributed by atoms with van der Waals surface area (Å²) in [5, 5.41) is 3.48. The van der Waals surface area contributed by atoms with E-state index in [1.165, 1.54) is 31.2 Å². The second kappa shape index (κ2) is 4.58. The summed E-state index contributed by atoms with van der Waals surface area (Å²) >= 11 is 0. The summed E-state index contributed by atoms with van der Waals surface area (Å²) in [5.74, 6) is 1.07. The first-order chi connectivity index (χ1) is 8.76. The fourth-order valence-corrected chi connectivity index (χ4v) is 3.86. The molecule has 2 fully saturated rings. The van der Waals surface area contributed by atoms with Gasteiger partial charge >= 0.3 is 0 Å². The molecule has 1 spiro atoms. The number of ether oxygens (including phenoxy) is 1. The van der Waals surface area contributed by atoms with E-state index in [1.807, 2.05) is 0 Å². The van der Waals surface area contributed by atoms with Crippen LogP contribution in [0.1, 0.15) is 37.7 Å². The van der Waals surface area contributed by atoms with Gasteiger partial charge in [0.15, 0.2) is 0 Å². The van der Waals surface area contributed by atoms with Gasteiger partial charge < -0.3 is 10.1 Å². The molecule has 2 atom stereocenters. The highest BCUT2D eigenvalue weighted by Crippen LogP contribution is 2.54. The van der Waals surface area contributed by atoms with Crippen molar-refractivity contribution in [3.8, 4) is 5.75 Å². The van der Waals surface area contributed by atoms with E-state index in [1.54, 1.807) is 0 Å². The molecule has 18 heavy (non-hydrogen) atoms. The van der Waals surface area contributed by atoms with Crippen LogP contribution in [0, 0.1) is 12.3 Å². The van der Waals surface area contributed by atoms with Crippen molar-refractivity contribution in [1.29, 1.82) is 0 Å². The quantitative estimate of drug-likeness (QED) is 0.882. The van der Waals surface area contributed by atoms with Gasteiger partial charge in [-0.2, -0.15) is 0 Å². The van der Waals surface area contributed by atoms with Crippen LogP contribution in [0.5, 0.6) is 5.75 Å². The van der Waals surface area contributed by atoms with Crippen LogP contribution in [0.4, 0.5) is 0 Å². The zero-order valence-electron chi connectivity index (χ0n) is 11.4. The number of benzene rings is 1. The Morgan fingerprint density at radius 1 is 1.22 bits per heavy atom. The molecular weight excluding hydrogens is 222 g/mol. The lowest BCUT2D eigenvalue weighted by Crippen LogP contribution is -2.63. The Bertz CT molecular complexity index is 423. The fraction of sp³-hybridized carbons (Fsp3) is 0.625. The standard InChI is InChI=1S/C16H23NO/c1-12-7-3-4-8-13(12)18-15-11-14(17-2)16(15)9-5-6-10-16/h3-4,7-8,14-15,17H,5-6,9-11H2,1-2H3. The number of aryl methyl sites for hydroxylation is 1. The van der Waals surface area contributed by atoms with E-state index in [0.29, 0.717) is 17.6 Å². The zero-order chi connectivity index (χ0) is 12.6. The van der Waals surface area contributed by atoms with Crippen molar-refractivity contribution in [3.63, 3.8) is 0 Å². The maximum Gasteiger partial charge on any atom is 0.122 e. The van der Waals surface area contributed by atoms with Gasteiger partial charge in [0.2, 0.25) is 0 Å². The highest BCUT2D eigenvalue weighted by Gasteiger charge is 2.57. The summed E-state index contributed by atoms with van der Waals surface area (Å²) in [5.41, 5.74) is 1.66. The van der Waals surface area contributed by atoms with E-state index >= 15 is 0 Å². The van der Waals surface area contributed by atoms with Gasteiger partial charge in [-0.25, -0.2) is 0 Å². The van der Waals surface area contributed by atoms with Gasteiger partial charge in [0, 0.05) is 17.9 Å². The van der Waals surface area contributed by atoms with Gasteiger partial charge in [-0.05, 0) is 38.4 Å². The van der Waals surface area contributed by atoms with Crippen molar-refractivity contribution in [1.82, 2.24) is 5.32 Å². The second-order valence-corrected chi connectivity index (χ2v) is 5.89. The fourth-order valence-electron chi connectivity index (χ4n) is 3.86. The molecule has 0 bridgehead atoms. The van der Waals surface area contributed by atoms with Crippen LogP contribution in [-0.4, -0.2) is 19.2 Å². The molecule has 0 saturated heterocycles. The number of hydrogen-bond acceptors (Lipinski definition) is 2. The van der Waals surface area contributed by atoms with Crippen molar-refractivity contribution < 1.29 is 4.74 Å². The molecule has 1 aromatic rings. The molecule has 98 valence electrons. The molecule has 0 amide bonds. The summed E-state index contributed by atoms with van der Waals surface area (Å²) in [4.78, 5) is 0. The van der Waals surface area contributed by atoms with Crippen LogP contribution in [0.2, 0.25) is 0 Å². The highest BCUT2D eigenvalue weighted by molar-refractivity contribution is 5.32. The maximum atomic E-state index is 6.31. The first-order valence-corrected chi connectivity index (χ1v) is 7.16. The Hall–Kier alpha value is -1.02. The molecule has 2 aliphatic carbocycles. The minimum absolute atomic E-state index is 0.414. The van der Waals surface area contributed by atoms with Crippen LogP contribution < -0.4 is 10.1 Å². The van der Waals surface area contributed by atoms with Crippen molar-refractivity contribution in [2.45, 2.75) is 51.2 Å². The van der Waals surface area contributed by atoms with Crippen molar-refractivity contribution >= 4 is 0 Å². The zero-order valence-corrected chi connectivity index (χ0v) is 11.4. The lowest BCUT2D eigenvalue weighted by Gasteiger charge is -2.53. The monoisotopic (exact) mass is 245 g/mol. The first kappa shape index (κ1) is 12.0. The summed E-state index contributed by atoms with van der Waals surface area (Å²) < 4.78 is 6.31. The first-order valence-electron chi connectivity index (χ1n) is 7.16. The summed E-state index contributed by atoms with van der Waals surface area (Å²) in [6, 6.07) is 9.03. The number of rotatable bonds is 3. The van der Waals surface area contributed by atoms with Gasteiger partial charge in [0.05, 0.1) is 0 Å².